The fourth-order valence-corrected chi connectivity index (χ4v) is 3.77. The molecule has 0 spiro atoms. The number of unbranched alkanes of at least 4 members (excludes halogenated alkanes) is 1. The van der Waals surface area contributed by atoms with E-state index in [1.165, 1.54) is 23.1 Å². The number of aromatic nitrogens is 2. The van der Waals surface area contributed by atoms with Crippen LogP contribution in [0, 0.1) is 0 Å². The zero-order valence-corrected chi connectivity index (χ0v) is 15.6. The molecule has 0 radical (unpaired) electrons. The number of hydrogen-bond acceptors (Lipinski definition) is 7. The summed E-state index contributed by atoms with van der Waals surface area (Å²) < 4.78 is 0.803. The van der Waals surface area contributed by atoms with E-state index in [-0.39, 0.29) is 5.91 Å². The molecule has 0 saturated carbocycles. The number of carbonyl (C=O) groups is 1. The van der Waals surface area contributed by atoms with Crippen molar-refractivity contribution < 1.29 is 4.79 Å². The Labute approximate surface area is 149 Å². The van der Waals surface area contributed by atoms with Gasteiger partial charge in [0.25, 0.3) is 0 Å². The largest absolute Gasteiger partial charge is 0.360 e. The Kier molecular flexibility index (Phi) is 7.70. The Hall–Kier alpha value is -1.25. The standard InChI is InChI=1S/C15H20N4OS3/c1-3-4-8-16-14-18-19-15(23-14)22-10-13(20)17-11-6-5-7-12(9-11)21-2/h5-7,9H,3-4,8,10H2,1-2H3,(H,16,18)(H,17,20). The number of carbonyl (C=O) groups excluding carboxylic acids is 1. The molecule has 0 unspecified atom stereocenters. The van der Waals surface area contributed by atoms with Gasteiger partial charge in [0, 0.05) is 17.1 Å². The summed E-state index contributed by atoms with van der Waals surface area (Å²) in [5, 5.41) is 15.1. The Morgan fingerprint density at radius 3 is 3.00 bits per heavy atom. The van der Waals surface area contributed by atoms with Crippen LogP contribution >= 0.6 is 34.9 Å². The first kappa shape index (κ1) is 18.1. The Morgan fingerprint density at radius 2 is 2.22 bits per heavy atom. The molecule has 0 aliphatic heterocycles. The molecule has 1 aromatic heterocycles. The average Bonchev–Trinajstić information content (AvgIpc) is 3.01. The molecular weight excluding hydrogens is 348 g/mol. The van der Waals surface area contributed by atoms with Crippen molar-refractivity contribution >= 4 is 51.6 Å². The lowest BCUT2D eigenvalue weighted by Gasteiger charge is -2.05. The molecule has 1 heterocycles. The lowest BCUT2D eigenvalue weighted by molar-refractivity contribution is -0.113. The molecule has 5 nitrogen and oxygen atoms in total. The van der Waals surface area contributed by atoms with Gasteiger partial charge in [-0.3, -0.25) is 4.79 Å². The maximum absolute atomic E-state index is 12.0. The maximum Gasteiger partial charge on any atom is 0.234 e. The number of benzene rings is 1. The van der Waals surface area contributed by atoms with E-state index in [1.807, 2.05) is 30.5 Å². The van der Waals surface area contributed by atoms with Gasteiger partial charge in [0.05, 0.1) is 5.75 Å². The number of rotatable bonds is 9. The van der Waals surface area contributed by atoms with Crippen molar-refractivity contribution in [2.24, 2.45) is 0 Å². The number of nitrogens with one attached hydrogen (secondary N) is 2. The van der Waals surface area contributed by atoms with Crippen LogP contribution in [-0.4, -0.2) is 34.7 Å². The monoisotopic (exact) mass is 368 g/mol. The van der Waals surface area contributed by atoms with Crippen LogP contribution in [0.15, 0.2) is 33.5 Å². The average molecular weight is 369 g/mol. The second kappa shape index (κ2) is 9.79. The van der Waals surface area contributed by atoms with Gasteiger partial charge in [-0.1, -0.05) is 42.5 Å². The smallest absolute Gasteiger partial charge is 0.234 e. The first-order valence-electron chi connectivity index (χ1n) is 7.35. The highest BCUT2D eigenvalue weighted by Gasteiger charge is 2.08. The van der Waals surface area contributed by atoms with Gasteiger partial charge in [0.2, 0.25) is 11.0 Å². The summed E-state index contributed by atoms with van der Waals surface area (Å²) in [7, 11) is 0. The summed E-state index contributed by atoms with van der Waals surface area (Å²) in [6.45, 7) is 3.05. The van der Waals surface area contributed by atoms with Crippen LogP contribution < -0.4 is 10.6 Å². The Balaban J connectivity index is 1.77. The Morgan fingerprint density at radius 1 is 1.35 bits per heavy atom. The van der Waals surface area contributed by atoms with Crippen molar-refractivity contribution in [1.82, 2.24) is 10.2 Å². The van der Waals surface area contributed by atoms with Gasteiger partial charge >= 0.3 is 0 Å². The van der Waals surface area contributed by atoms with Crippen molar-refractivity contribution in [2.75, 3.05) is 29.2 Å². The minimum Gasteiger partial charge on any atom is -0.360 e. The van der Waals surface area contributed by atoms with Crippen molar-refractivity contribution in [2.45, 2.75) is 29.0 Å². The fraction of sp³-hybridized carbons (Fsp3) is 0.400. The first-order chi connectivity index (χ1) is 11.2. The second-order valence-corrected chi connectivity index (χ2v) is 7.80. The zero-order valence-electron chi connectivity index (χ0n) is 13.2. The number of anilines is 2. The molecule has 0 bridgehead atoms. The van der Waals surface area contributed by atoms with Crippen molar-refractivity contribution in [1.29, 1.82) is 0 Å². The third kappa shape index (κ3) is 6.40. The lowest BCUT2D eigenvalue weighted by atomic mass is 10.3. The molecule has 2 aromatic rings. The minimum atomic E-state index is -0.0380. The van der Waals surface area contributed by atoms with Crippen LogP contribution in [0.1, 0.15) is 19.8 Å². The van der Waals surface area contributed by atoms with Gasteiger partial charge in [-0.05, 0) is 30.9 Å². The molecule has 2 rings (SSSR count). The van der Waals surface area contributed by atoms with Crippen molar-refractivity contribution in [3.05, 3.63) is 24.3 Å². The number of amides is 1. The Bertz CT molecular complexity index is 633. The third-order valence-electron chi connectivity index (χ3n) is 2.89. The maximum atomic E-state index is 12.0. The molecule has 0 atom stereocenters. The quantitative estimate of drug-likeness (QED) is 0.511. The normalized spacial score (nSPS) is 10.5. The first-order valence-corrected chi connectivity index (χ1v) is 10.4. The highest BCUT2D eigenvalue weighted by molar-refractivity contribution is 8.01. The zero-order chi connectivity index (χ0) is 16.5. The van der Waals surface area contributed by atoms with E-state index in [2.05, 4.69) is 27.8 Å². The molecular formula is C15H20N4OS3. The number of hydrogen-bond donors (Lipinski definition) is 2. The van der Waals surface area contributed by atoms with E-state index in [9.17, 15) is 4.79 Å². The van der Waals surface area contributed by atoms with Gasteiger partial charge in [0.1, 0.15) is 0 Å². The van der Waals surface area contributed by atoms with Crippen molar-refractivity contribution in [3.8, 4) is 0 Å². The summed E-state index contributed by atoms with van der Waals surface area (Å²) in [6.07, 6.45) is 4.27. The molecule has 0 saturated heterocycles. The summed E-state index contributed by atoms with van der Waals surface area (Å²) in [5.74, 6) is 0.288. The van der Waals surface area contributed by atoms with Crippen LogP contribution in [0.3, 0.4) is 0 Å². The molecule has 124 valence electrons. The van der Waals surface area contributed by atoms with Gasteiger partial charge < -0.3 is 10.6 Å². The molecule has 0 aliphatic carbocycles. The van der Waals surface area contributed by atoms with Crippen LogP contribution in [0.2, 0.25) is 0 Å². The molecule has 1 aromatic carbocycles. The van der Waals surface area contributed by atoms with Gasteiger partial charge in [0.15, 0.2) is 4.34 Å². The van der Waals surface area contributed by atoms with Gasteiger partial charge in [-0.15, -0.1) is 22.0 Å². The SMILES string of the molecule is CCCCNc1nnc(SCC(=O)Nc2cccc(SC)c2)s1. The van der Waals surface area contributed by atoms with Crippen molar-refractivity contribution in [3.63, 3.8) is 0 Å². The summed E-state index contributed by atoms with van der Waals surface area (Å²) in [6, 6.07) is 7.81. The van der Waals surface area contributed by atoms with Crippen LogP contribution in [0.5, 0.6) is 0 Å². The molecule has 0 fully saturated rings. The number of thioether (sulfide) groups is 2. The van der Waals surface area contributed by atoms with E-state index in [4.69, 9.17) is 0 Å². The molecule has 23 heavy (non-hydrogen) atoms. The topological polar surface area (TPSA) is 66.9 Å². The predicted octanol–water partition coefficient (Wildman–Crippen LogP) is 4.20. The summed E-state index contributed by atoms with van der Waals surface area (Å²) in [4.78, 5) is 13.1. The summed E-state index contributed by atoms with van der Waals surface area (Å²) >= 11 is 4.54. The second-order valence-electron chi connectivity index (χ2n) is 4.72. The van der Waals surface area contributed by atoms with E-state index in [0.29, 0.717) is 5.75 Å². The van der Waals surface area contributed by atoms with Crippen LogP contribution in [-0.2, 0) is 4.79 Å². The number of nitrogens with zero attached hydrogens (tertiary/aromatic N) is 2. The molecule has 2 N–H and O–H groups in total. The van der Waals surface area contributed by atoms with E-state index >= 15 is 0 Å². The predicted molar refractivity (Wildman–Crippen MR) is 101 cm³/mol. The molecule has 1 amide bonds. The minimum absolute atomic E-state index is 0.0380. The van der Waals surface area contributed by atoms with Crippen LogP contribution in [0.25, 0.3) is 0 Å². The highest BCUT2D eigenvalue weighted by Crippen LogP contribution is 2.26. The van der Waals surface area contributed by atoms with Gasteiger partial charge in [-0.25, -0.2) is 0 Å². The van der Waals surface area contributed by atoms with E-state index in [0.717, 1.165) is 39.4 Å². The lowest BCUT2D eigenvalue weighted by Crippen LogP contribution is -2.13. The summed E-state index contributed by atoms with van der Waals surface area (Å²) in [5.41, 5.74) is 0.821. The van der Waals surface area contributed by atoms with Crippen LogP contribution in [0.4, 0.5) is 10.8 Å². The van der Waals surface area contributed by atoms with Gasteiger partial charge in [-0.2, -0.15) is 0 Å². The third-order valence-corrected chi connectivity index (χ3v) is 5.63. The highest BCUT2D eigenvalue weighted by atomic mass is 32.2. The van der Waals surface area contributed by atoms with E-state index < -0.39 is 0 Å². The van der Waals surface area contributed by atoms with E-state index in [1.54, 1.807) is 11.8 Å². The molecule has 0 aliphatic rings. The molecule has 8 heteroatoms. The fourth-order valence-electron chi connectivity index (χ4n) is 1.74.